The Morgan fingerprint density at radius 2 is 2.09 bits per heavy atom. The number of carbonyl (C=O) groups is 1. The maximum Gasteiger partial charge on any atom is 0.244 e. The molecule has 1 saturated carbocycles. The van der Waals surface area contributed by atoms with E-state index in [4.69, 9.17) is 11.6 Å². The molecule has 1 heterocycles. The number of H-pyrrole nitrogens is 1. The van der Waals surface area contributed by atoms with E-state index in [-0.39, 0.29) is 12.5 Å². The lowest BCUT2D eigenvalue weighted by atomic mass is 10.0. The van der Waals surface area contributed by atoms with Gasteiger partial charge in [-0.2, -0.15) is 5.10 Å². The SMILES string of the molecule is O=C(CNc1ccccc1Cl)Nc1cc(C2CCCC2)[nH]n1. The molecule has 2 aromatic rings. The Morgan fingerprint density at radius 3 is 2.86 bits per heavy atom. The van der Waals surface area contributed by atoms with Gasteiger partial charge in [0.2, 0.25) is 5.91 Å². The first kappa shape index (κ1) is 14.9. The third kappa shape index (κ3) is 3.60. The maximum absolute atomic E-state index is 12.0. The first-order chi connectivity index (χ1) is 10.7. The Balaban J connectivity index is 1.52. The fourth-order valence-electron chi connectivity index (χ4n) is 2.81. The number of hydrogen-bond donors (Lipinski definition) is 3. The molecule has 0 bridgehead atoms. The minimum absolute atomic E-state index is 0.148. The zero-order valence-electron chi connectivity index (χ0n) is 12.2. The molecule has 22 heavy (non-hydrogen) atoms. The molecule has 1 aromatic carbocycles. The lowest BCUT2D eigenvalue weighted by Crippen LogP contribution is -2.22. The van der Waals surface area contributed by atoms with E-state index in [0.717, 1.165) is 11.4 Å². The predicted molar refractivity (Wildman–Crippen MR) is 88.4 cm³/mol. The van der Waals surface area contributed by atoms with Crippen molar-refractivity contribution in [2.75, 3.05) is 17.2 Å². The van der Waals surface area contributed by atoms with Gasteiger partial charge in [-0.05, 0) is 25.0 Å². The standard InChI is InChI=1S/C16H19ClN4O/c17-12-7-3-4-8-13(12)18-10-16(22)19-15-9-14(20-21-15)11-5-1-2-6-11/h3-4,7-9,11,18H,1-2,5-6,10H2,(H2,19,20,21,22). The summed E-state index contributed by atoms with van der Waals surface area (Å²) in [5.74, 6) is 0.983. The van der Waals surface area contributed by atoms with Gasteiger partial charge in [-0.1, -0.05) is 36.6 Å². The lowest BCUT2D eigenvalue weighted by Gasteiger charge is -2.07. The molecule has 1 aliphatic carbocycles. The summed E-state index contributed by atoms with van der Waals surface area (Å²) in [6.45, 7) is 0.148. The second kappa shape index (κ2) is 6.83. The second-order valence-electron chi connectivity index (χ2n) is 5.57. The van der Waals surface area contributed by atoms with Crippen molar-refractivity contribution in [1.82, 2.24) is 10.2 Å². The number of benzene rings is 1. The van der Waals surface area contributed by atoms with Gasteiger partial charge >= 0.3 is 0 Å². The third-order valence-electron chi connectivity index (χ3n) is 3.97. The fourth-order valence-corrected chi connectivity index (χ4v) is 3.02. The molecule has 0 saturated heterocycles. The van der Waals surface area contributed by atoms with Gasteiger partial charge < -0.3 is 10.6 Å². The molecule has 0 spiro atoms. The zero-order valence-corrected chi connectivity index (χ0v) is 13.0. The molecule has 0 aliphatic heterocycles. The number of rotatable bonds is 5. The fraction of sp³-hybridized carbons (Fsp3) is 0.375. The number of nitrogens with zero attached hydrogens (tertiary/aromatic N) is 1. The van der Waals surface area contributed by atoms with Crippen LogP contribution in [0.2, 0.25) is 5.02 Å². The van der Waals surface area contributed by atoms with Crippen molar-refractivity contribution in [2.45, 2.75) is 31.6 Å². The molecule has 3 N–H and O–H groups in total. The van der Waals surface area contributed by atoms with Crippen LogP contribution in [0.4, 0.5) is 11.5 Å². The highest BCUT2D eigenvalue weighted by molar-refractivity contribution is 6.33. The largest absolute Gasteiger partial charge is 0.375 e. The van der Waals surface area contributed by atoms with E-state index in [2.05, 4.69) is 20.8 Å². The molecule has 0 radical (unpaired) electrons. The first-order valence-corrected chi connectivity index (χ1v) is 7.94. The van der Waals surface area contributed by atoms with Crippen LogP contribution in [0.15, 0.2) is 30.3 Å². The molecule has 1 aliphatic rings. The van der Waals surface area contributed by atoms with Gasteiger partial charge in [0.25, 0.3) is 0 Å². The number of carbonyl (C=O) groups excluding carboxylic acids is 1. The highest BCUT2D eigenvalue weighted by Crippen LogP contribution is 2.33. The van der Waals surface area contributed by atoms with E-state index in [1.165, 1.54) is 25.7 Å². The summed E-state index contributed by atoms with van der Waals surface area (Å²) < 4.78 is 0. The molecular weight excluding hydrogens is 300 g/mol. The van der Waals surface area contributed by atoms with Gasteiger partial charge in [-0.15, -0.1) is 0 Å². The van der Waals surface area contributed by atoms with Crippen molar-refractivity contribution in [1.29, 1.82) is 0 Å². The number of nitrogens with one attached hydrogen (secondary N) is 3. The predicted octanol–water partition coefficient (Wildman–Crippen LogP) is 3.77. The van der Waals surface area contributed by atoms with Crippen LogP contribution < -0.4 is 10.6 Å². The highest BCUT2D eigenvalue weighted by Gasteiger charge is 2.19. The first-order valence-electron chi connectivity index (χ1n) is 7.56. The number of amides is 1. The van der Waals surface area contributed by atoms with E-state index in [0.29, 0.717) is 16.8 Å². The summed E-state index contributed by atoms with van der Waals surface area (Å²) in [4.78, 5) is 12.0. The Hall–Kier alpha value is -2.01. The minimum Gasteiger partial charge on any atom is -0.375 e. The van der Waals surface area contributed by atoms with Gasteiger partial charge in [0.1, 0.15) is 0 Å². The number of halogens is 1. The summed E-state index contributed by atoms with van der Waals surface area (Å²) >= 11 is 6.03. The summed E-state index contributed by atoms with van der Waals surface area (Å²) in [5, 5.41) is 13.6. The Kier molecular flexibility index (Phi) is 4.63. The highest BCUT2D eigenvalue weighted by atomic mass is 35.5. The number of hydrogen-bond acceptors (Lipinski definition) is 3. The molecule has 0 unspecified atom stereocenters. The Labute approximate surface area is 134 Å². The van der Waals surface area contributed by atoms with E-state index in [1.807, 2.05) is 24.3 Å². The summed E-state index contributed by atoms with van der Waals surface area (Å²) in [7, 11) is 0. The van der Waals surface area contributed by atoms with Gasteiger partial charge in [-0.25, -0.2) is 0 Å². The van der Waals surface area contributed by atoms with Gasteiger partial charge in [0.15, 0.2) is 5.82 Å². The quantitative estimate of drug-likeness (QED) is 0.786. The van der Waals surface area contributed by atoms with Crippen molar-refractivity contribution >= 4 is 29.0 Å². The summed E-state index contributed by atoms with van der Waals surface area (Å²) in [6.07, 6.45) is 4.94. The van der Waals surface area contributed by atoms with Crippen LogP contribution >= 0.6 is 11.6 Å². The van der Waals surface area contributed by atoms with E-state index in [1.54, 1.807) is 6.07 Å². The van der Waals surface area contributed by atoms with Crippen LogP contribution in [0.3, 0.4) is 0 Å². The van der Waals surface area contributed by atoms with Gasteiger partial charge in [0, 0.05) is 17.7 Å². The minimum atomic E-state index is -0.149. The maximum atomic E-state index is 12.0. The lowest BCUT2D eigenvalue weighted by molar-refractivity contribution is -0.114. The summed E-state index contributed by atoms with van der Waals surface area (Å²) in [5.41, 5.74) is 1.86. The third-order valence-corrected chi connectivity index (χ3v) is 4.30. The second-order valence-corrected chi connectivity index (χ2v) is 5.98. The van der Waals surface area contributed by atoms with Gasteiger partial charge in [-0.3, -0.25) is 9.89 Å². The van der Waals surface area contributed by atoms with Crippen molar-refractivity contribution in [3.8, 4) is 0 Å². The molecule has 0 atom stereocenters. The van der Waals surface area contributed by atoms with Crippen molar-refractivity contribution in [3.05, 3.63) is 41.0 Å². The Bertz CT molecular complexity index is 649. The molecule has 3 rings (SSSR count). The van der Waals surface area contributed by atoms with E-state index < -0.39 is 0 Å². The number of aromatic amines is 1. The zero-order chi connectivity index (χ0) is 15.4. The van der Waals surface area contributed by atoms with Crippen molar-refractivity contribution in [3.63, 3.8) is 0 Å². The van der Waals surface area contributed by atoms with Crippen LogP contribution in [-0.2, 0) is 4.79 Å². The average Bonchev–Trinajstić information content (AvgIpc) is 3.17. The molecule has 1 aromatic heterocycles. The number of para-hydroxylation sites is 1. The van der Waals surface area contributed by atoms with Crippen LogP contribution in [0.1, 0.15) is 37.3 Å². The van der Waals surface area contributed by atoms with Crippen LogP contribution in [0, 0.1) is 0 Å². The molecule has 1 fully saturated rings. The monoisotopic (exact) mass is 318 g/mol. The molecular formula is C16H19ClN4O. The molecule has 5 nitrogen and oxygen atoms in total. The van der Waals surface area contributed by atoms with E-state index in [9.17, 15) is 4.79 Å². The topological polar surface area (TPSA) is 69.8 Å². The van der Waals surface area contributed by atoms with Crippen LogP contribution in [0.25, 0.3) is 0 Å². The Morgan fingerprint density at radius 1 is 1.32 bits per heavy atom. The van der Waals surface area contributed by atoms with Crippen molar-refractivity contribution in [2.24, 2.45) is 0 Å². The van der Waals surface area contributed by atoms with Crippen molar-refractivity contribution < 1.29 is 4.79 Å². The van der Waals surface area contributed by atoms with Crippen LogP contribution in [0.5, 0.6) is 0 Å². The average molecular weight is 319 g/mol. The summed E-state index contributed by atoms with van der Waals surface area (Å²) in [6, 6.07) is 9.27. The van der Waals surface area contributed by atoms with E-state index >= 15 is 0 Å². The molecule has 116 valence electrons. The number of aromatic nitrogens is 2. The smallest absolute Gasteiger partial charge is 0.244 e. The number of anilines is 2. The normalized spacial score (nSPS) is 15.0. The van der Waals surface area contributed by atoms with Gasteiger partial charge in [0.05, 0.1) is 17.3 Å². The molecule has 1 amide bonds. The van der Waals surface area contributed by atoms with Crippen LogP contribution in [-0.4, -0.2) is 22.6 Å². The molecule has 6 heteroatoms.